The molecule has 7 heteroatoms. The third kappa shape index (κ3) is 3.09. The summed E-state index contributed by atoms with van der Waals surface area (Å²) in [4.78, 5) is 11.9. The molecular formula is C15H11FN4O2. The van der Waals surface area contributed by atoms with E-state index in [4.69, 9.17) is 4.42 Å². The lowest BCUT2D eigenvalue weighted by molar-refractivity contribution is 0.0991. The number of nitrogens with one attached hydrogen (secondary N) is 2. The second-order valence-corrected chi connectivity index (χ2v) is 4.34. The van der Waals surface area contributed by atoms with Crippen LogP contribution >= 0.6 is 0 Å². The van der Waals surface area contributed by atoms with Crippen molar-refractivity contribution >= 4 is 23.3 Å². The van der Waals surface area contributed by atoms with Gasteiger partial charge in [-0.3, -0.25) is 4.79 Å². The van der Waals surface area contributed by atoms with Crippen molar-refractivity contribution in [2.45, 2.75) is 0 Å². The van der Waals surface area contributed by atoms with Crippen LogP contribution in [0.5, 0.6) is 0 Å². The average Bonchev–Trinajstić information content (AvgIpc) is 2.99. The van der Waals surface area contributed by atoms with Crippen molar-refractivity contribution < 1.29 is 13.6 Å². The molecule has 2 aromatic carbocycles. The monoisotopic (exact) mass is 298 g/mol. The van der Waals surface area contributed by atoms with E-state index < -0.39 is 11.7 Å². The highest BCUT2D eigenvalue weighted by atomic mass is 19.1. The van der Waals surface area contributed by atoms with E-state index in [1.165, 1.54) is 12.1 Å². The number of hydrogen-bond acceptors (Lipinski definition) is 5. The second kappa shape index (κ2) is 6.04. The second-order valence-electron chi connectivity index (χ2n) is 4.34. The summed E-state index contributed by atoms with van der Waals surface area (Å²) < 4.78 is 18.7. The molecule has 0 atom stereocenters. The number of benzene rings is 2. The predicted molar refractivity (Wildman–Crippen MR) is 78.4 cm³/mol. The number of halogens is 1. The van der Waals surface area contributed by atoms with Gasteiger partial charge in [-0.15, -0.1) is 5.10 Å². The molecule has 0 aliphatic carbocycles. The van der Waals surface area contributed by atoms with Gasteiger partial charge in [0.1, 0.15) is 5.82 Å². The van der Waals surface area contributed by atoms with Crippen molar-refractivity contribution in [3.63, 3.8) is 0 Å². The SMILES string of the molecule is O=C(Nc1ccccc1)c1nnc(Nc2ccccc2F)o1. The maximum absolute atomic E-state index is 13.5. The van der Waals surface area contributed by atoms with Gasteiger partial charge in [-0.1, -0.05) is 35.4 Å². The third-order valence-corrected chi connectivity index (χ3v) is 2.77. The molecule has 110 valence electrons. The summed E-state index contributed by atoms with van der Waals surface area (Å²) in [7, 11) is 0. The van der Waals surface area contributed by atoms with E-state index in [1.54, 1.807) is 36.4 Å². The fourth-order valence-electron chi connectivity index (χ4n) is 1.75. The molecule has 3 rings (SSSR count). The molecule has 3 aromatic rings. The summed E-state index contributed by atoms with van der Waals surface area (Å²) in [5.41, 5.74) is 0.787. The minimum absolute atomic E-state index is 0.0664. The van der Waals surface area contributed by atoms with E-state index in [-0.39, 0.29) is 17.6 Å². The largest absolute Gasteiger partial charge is 0.399 e. The van der Waals surface area contributed by atoms with Crippen molar-refractivity contribution in [2.75, 3.05) is 10.6 Å². The van der Waals surface area contributed by atoms with E-state index >= 15 is 0 Å². The summed E-state index contributed by atoms with van der Waals surface area (Å²) in [6, 6.07) is 14.8. The lowest BCUT2D eigenvalue weighted by Gasteiger charge is -2.02. The molecule has 1 amide bonds. The maximum atomic E-state index is 13.5. The van der Waals surface area contributed by atoms with Crippen LogP contribution in [-0.2, 0) is 0 Å². The van der Waals surface area contributed by atoms with Crippen molar-refractivity contribution in [2.24, 2.45) is 0 Å². The van der Waals surface area contributed by atoms with E-state index in [2.05, 4.69) is 20.8 Å². The standard InChI is InChI=1S/C15H11FN4O2/c16-11-8-4-5-9-12(11)18-15-20-19-14(22-15)13(21)17-10-6-2-1-3-7-10/h1-9H,(H,17,21)(H,18,20). The Morgan fingerprint density at radius 1 is 1.00 bits per heavy atom. The maximum Gasteiger partial charge on any atom is 0.320 e. The Morgan fingerprint density at radius 2 is 1.73 bits per heavy atom. The summed E-state index contributed by atoms with van der Waals surface area (Å²) in [6.07, 6.45) is 0. The van der Waals surface area contributed by atoms with E-state index in [0.717, 1.165) is 0 Å². The van der Waals surface area contributed by atoms with Crippen LogP contribution in [0.4, 0.5) is 21.8 Å². The Bertz CT molecular complexity index is 789. The zero-order valence-electron chi connectivity index (χ0n) is 11.3. The van der Waals surface area contributed by atoms with Gasteiger partial charge >= 0.3 is 17.8 Å². The molecule has 1 aromatic heterocycles. The third-order valence-electron chi connectivity index (χ3n) is 2.77. The number of amides is 1. The Labute approximate surface area is 125 Å². The van der Waals surface area contributed by atoms with Gasteiger partial charge in [-0.2, -0.15) is 0 Å². The number of rotatable bonds is 4. The number of aromatic nitrogens is 2. The van der Waals surface area contributed by atoms with E-state index in [9.17, 15) is 9.18 Å². The Balaban J connectivity index is 1.71. The summed E-state index contributed by atoms with van der Waals surface area (Å²) in [6.45, 7) is 0. The van der Waals surface area contributed by atoms with Crippen LogP contribution in [0.3, 0.4) is 0 Å². The zero-order valence-corrected chi connectivity index (χ0v) is 11.3. The first-order valence-corrected chi connectivity index (χ1v) is 6.44. The lowest BCUT2D eigenvalue weighted by Crippen LogP contribution is -2.12. The molecule has 0 spiro atoms. The van der Waals surface area contributed by atoms with Crippen LogP contribution < -0.4 is 10.6 Å². The van der Waals surface area contributed by atoms with Gasteiger partial charge in [0.15, 0.2) is 0 Å². The summed E-state index contributed by atoms with van der Waals surface area (Å²) >= 11 is 0. The molecule has 0 fully saturated rings. The van der Waals surface area contributed by atoms with Gasteiger partial charge in [0.2, 0.25) is 0 Å². The van der Waals surface area contributed by atoms with Crippen molar-refractivity contribution in [3.05, 3.63) is 66.3 Å². The van der Waals surface area contributed by atoms with Gasteiger partial charge in [-0.05, 0) is 24.3 Å². The molecule has 6 nitrogen and oxygen atoms in total. The van der Waals surface area contributed by atoms with Gasteiger partial charge in [-0.25, -0.2) is 4.39 Å². The van der Waals surface area contributed by atoms with Gasteiger partial charge in [0, 0.05) is 5.69 Å². The quantitative estimate of drug-likeness (QED) is 0.773. The number of nitrogens with zero attached hydrogens (tertiary/aromatic N) is 2. The fourth-order valence-corrected chi connectivity index (χ4v) is 1.75. The highest BCUT2D eigenvalue weighted by Gasteiger charge is 2.15. The fraction of sp³-hybridized carbons (Fsp3) is 0. The van der Waals surface area contributed by atoms with Crippen molar-refractivity contribution in [1.29, 1.82) is 0 Å². The molecule has 0 aliphatic heterocycles. The first kappa shape index (κ1) is 13.7. The van der Waals surface area contributed by atoms with E-state index in [0.29, 0.717) is 5.69 Å². The minimum atomic E-state index is -0.541. The Hall–Kier alpha value is -3.22. The smallest absolute Gasteiger partial charge is 0.320 e. The predicted octanol–water partition coefficient (Wildman–Crippen LogP) is 3.20. The highest BCUT2D eigenvalue weighted by Crippen LogP contribution is 2.18. The number of hydrogen-bond donors (Lipinski definition) is 2. The van der Waals surface area contributed by atoms with Crippen LogP contribution in [0.25, 0.3) is 0 Å². The van der Waals surface area contributed by atoms with Crippen LogP contribution in [-0.4, -0.2) is 16.1 Å². The molecule has 0 saturated carbocycles. The van der Waals surface area contributed by atoms with Gasteiger partial charge in [0.25, 0.3) is 0 Å². The van der Waals surface area contributed by atoms with Gasteiger partial charge in [0.05, 0.1) is 5.69 Å². The summed E-state index contributed by atoms with van der Waals surface area (Å²) in [5.74, 6) is -1.22. The van der Waals surface area contributed by atoms with Crippen molar-refractivity contribution in [1.82, 2.24) is 10.2 Å². The Kier molecular flexibility index (Phi) is 3.78. The molecule has 0 bridgehead atoms. The number of para-hydroxylation sites is 2. The normalized spacial score (nSPS) is 10.2. The first-order chi connectivity index (χ1) is 10.7. The number of anilines is 3. The molecule has 22 heavy (non-hydrogen) atoms. The van der Waals surface area contributed by atoms with Gasteiger partial charge < -0.3 is 15.1 Å². The molecule has 0 saturated heterocycles. The molecule has 0 aliphatic rings. The van der Waals surface area contributed by atoms with Crippen LogP contribution in [0.15, 0.2) is 59.0 Å². The highest BCUT2D eigenvalue weighted by molar-refractivity contribution is 6.00. The molecular weight excluding hydrogens is 287 g/mol. The zero-order chi connectivity index (χ0) is 15.4. The summed E-state index contributed by atoms with van der Waals surface area (Å²) in [5, 5.41) is 12.5. The van der Waals surface area contributed by atoms with Crippen LogP contribution in [0.1, 0.15) is 10.7 Å². The number of carbonyl (C=O) groups is 1. The van der Waals surface area contributed by atoms with E-state index in [1.807, 2.05) is 6.07 Å². The number of carbonyl (C=O) groups excluding carboxylic acids is 1. The van der Waals surface area contributed by atoms with Crippen LogP contribution in [0.2, 0.25) is 0 Å². The topological polar surface area (TPSA) is 80.0 Å². The first-order valence-electron chi connectivity index (χ1n) is 6.44. The minimum Gasteiger partial charge on any atom is -0.399 e. The molecule has 1 heterocycles. The average molecular weight is 298 g/mol. The van der Waals surface area contributed by atoms with Crippen molar-refractivity contribution in [3.8, 4) is 0 Å². The molecule has 0 radical (unpaired) electrons. The molecule has 0 unspecified atom stereocenters. The molecule has 2 N–H and O–H groups in total. The Morgan fingerprint density at radius 3 is 2.50 bits per heavy atom. The van der Waals surface area contributed by atoms with Crippen LogP contribution in [0, 0.1) is 5.82 Å². The lowest BCUT2D eigenvalue weighted by atomic mass is 10.3.